The molecule has 2 unspecified atom stereocenters. The van der Waals surface area contributed by atoms with E-state index in [-0.39, 0.29) is 23.8 Å². The van der Waals surface area contributed by atoms with E-state index in [0.717, 1.165) is 11.3 Å². The van der Waals surface area contributed by atoms with Gasteiger partial charge in [-0.2, -0.15) is 0 Å². The zero-order chi connectivity index (χ0) is 20.8. The first-order valence-electron chi connectivity index (χ1n) is 10.1. The third-order valence-corrected chi connectivity index (χ3v) is 5.42. The van der Waals surface area contributed by atoms with Crippen LogP contribution in [0.15, 0.2) is 83.5 Å². The van der Waals surface area contributed by atoms with Gasteiger partial charge in [0.2, 0.25) is 5.91 Å². The van der Waals surface area contributed by atoms with Crippen molar-refractivity contribution in [3.8, 4) is 0 Å². The van der Waals surface area contributed by atoms with Crippen molar-refractivity contribution in [1.82, 2.24) is 10.2 Å². The number of likely N-dealkylation sites (tertiary alicyclic amines) is 1. The highest BCUT2D eigenvalue weighted by atomic mass is 16.3. The Bertz CT molecular complexity index is 958. The summed E-state index contributed by atoms with van der Waals surface area (Å²) in [6.45, 7) is 1.30. The topological polar surface area (TPSA) is 74.6 Å². The number of urea groups is 1. The quantitative estimate of drug-likeness (QED) is 0.669. The maximum Gasteiger partial charge on any atom is 0.321 e. The second kappa shape index (κ2) is 9.31. The van der Waals surface area contributed by atoms with Gasteiger partial charge in [-0.3, -0.25) is 4.79 Å². The fourth-order valence-corrected chi connectivity index (χ4v) is 3.88. The van der Waals surface area contributed by atoms with Gasteiger partial charge in [-0.15, -0.1) is 0 Å². The van der Waals surface area contributed by atoms with Crippen molar-refractivity contribution in [2.75, 3.05) is 18.4 Å². The molecule has 0 radical (unpaired) electrons. The number of carbonyl (C=O) groups is 2. The lowest BCUT2D eigenvalue weighted by molar-refractivity contribution is -0.126. The molecule has 0 bridgehead atoms. The van der Waals surface area contributed by atoms with Crippen LogP contribution in [0, 0.1) is 5.92 Å². The number of hydrogen-bond donors (Lipinski definition) is 2. The number of anilines is 1. The minimum Gasteiger partial charge on any atom is -0.467 e. The normalized spacial score (nSPS) is 18.6. The number of rotatable bonds is 5. The lowest BCUT2D eigenvalue weighted by Gasteiger charge is -2.37. The summed E-state index contributed by atoms with van der Waals surface area (Å²) >= 11 is 0. The van der Waals surface area contributed by atoms with Gasteiger partial charge in [-0.1, -0.05) is 48.5 Å². The number of nitrogens with one attached hydrogen (secondary N) is 2. The molecule has 0 aliphatic carbocycles. The second-order valence-corrected chi connectivity index (χ2v) is 7.54. The van der Waals surface area contributed by atoms with Gasteiger partial charge in [0.05, 0.1) is 18.7 Å². The Kier molecular flexibility index (Phi) is 6.13. The largest absolute Gasteiger partial charge is 0.467 e. The third kappa shape index (κ3) is 4.89. The summed E-state index contributed by atoms with van der Waals surface area (Å²) in [6.07, 6.45) is 2.28. The molecule has 0 spiro atoms. The third-order valence-electron chi connectivity index (χ3n) is 5.42. The Morgan fingerprint density at radius 1 is 0.933 bits per heavy atom. The van der Waals surface area contributed by atoms with Gasteiger partial charge in [0.15, 0.2) is 0 Å². The number of amides is 3. The minimum atomic E-state index is -0.291. The van der Waals surface area contributed by atoms with Crippen molar-refractivity contribution in [2.45, 2.75) is 18.9 Å². The molecule has 2 N–H and O–H groups in total. The summed E-state index contributed by atoms with van der Waals surface area (Å²) in [7, 11) is 0. The summed E-state index contributed by atoms with van der Waals surface area (Å²) in [4.78, 5) is 27.6. The van der Waals surface area contributed by atoms with Crippen LogP contribution in [0.3, 0.4) is 0 Å². The predicted molar refractivity (Wildman–Crippen MR) is 115 cm³/mol. The zero-order valence-electron chi connectivity index (χ0n) is 16.7. The summed E-state index contributed by atoms with van der Waals surface area (Å²) in [6, 6.07) is 22.9. The van der Waals surface area contributed by atoms with E-state index in [0.29, 0.717) is 31.8 Å². The van der Waals surface area contributed by atoms with Crippen LogP contribution in [-0.2, 0) is 11.3 Å². The van der Waals surface area contributed by atoms with E-state index < -0.39 is 0 Å². The molecular weight excluding hydrogens is 378 g/mol. The van der Waals surface area contributed by atoms with Gasteiger partial charge >= 0.3 is 6.03 Å². The summed E-state index contributed by atoms with van der Waals surface area (Å²) in [5.74, 6) is 0.447. The SMILES string of the molecule is O=C(NCc1ccco1)C1CC(c2ccccc2)CN(C(=O)Nc2ccccc2)C1. The molecule has 1 fully saturated rings. The molecule has 1 aromatic heterocycles. The standard InChI is InChI=1S/C24H25N3O3/c28-23(25-15-22-12-7-13-30-22)20-14-19(18-8-3-1-4-9-18)16-27(17-20)24(29)26-21-10-5-2-6-11-21/h1-13,19-20H,14-17H2,(H,25,28)(H,26,29). The number of furan rings is 1. The fraction of sp³-hybridized carbons (Fsp3) is 0.250. The summed E-state index contributed by atoms with van der Waals surface area (Å²) in [5.41, 5.74) is 1.88. The van der Waals surface area contributed by atoms with Gasteiger partial charge in [0.1, 0.15) is 5.76 Å². The van der Waals surface area contributed by atoms with E-state index in [1.54, 1.807) is 17.2 Å². The molecule has 3 amide bonds. The van der Waals surface area contributed by atoms with Crippen LogP contribution in [-0.4, -0.2) is 29.9 Å². The molecule has 2 heterocycles. The minimum absolute atomic E-state index is 0.0652. The molecule has 2 aromatic carbocycles. The van der Waals surface area contributed by atoms with Gasteiger partial charge in [-0.25, -0.2) is 4.79 Å². The highest BCUT2D eigenvalue weighted by Gasteiger charge is 2.34. The van der Waals surface area contributed by atoms with E-state index in [9.17, 15) is 9.59 Å². The molecule has 1 aliphatic rings. The highest BCUT2D eigenvalue weighted by Crippen LogP contribution is 2.31. The van der Waals surface area contributed by atoms with Crippen molar-refractivity contribution < 1.29 is 14.0 Å². The van der Waals surface area contributed by atoms with Crippen LogP contribution in [0.2, 0.25) is 0 Å². The predicted octanol–water partition coefficient (Wildman–Crippen LogP) is 4.23. The van der Waals surface area contributed by atoms with Crippen LogP contribution in [0.4, 0.5) is 10.5 Å². The number of piperidine rings is 1. The first-order chi connectivity index (χ1) is 14.7. The number of carbonyl (C=O) groups excluding carboxylic acids is 2. The average molecular weight is 403 g/mol. The first-order valence-corrected chi connectivity index (χ1v) is 10.1. The number of para-hydroxylation sites is 1. The smallest absolute Gasteiger partial charge is 0.321 e. The molecule has 1 aliphatic heterocycles. The van der Waals surface area contributed by atoms with E-state index in [1.165, 1.54) is 0 Å². The average Bonchev–Trinajstić information content (AvgIpc) is 3.32. The molecule has 154 valence electrons. The van der Waals surface area contributed by atoms with Crippen LogP contribution in [0.1, 0.15) is 23.7 Å². The zero-order valence-corrected chi connectivity index (χ0v) is 16.7. The van der Waals surface area contributed by atoms with E-state index in [2.05, 4.69) is 22.8 Å². The molecule has 4 rings (SSSR count). The maximum atomic E-state index is 12.9. The molecule has 3 aromatic rings. The Morgan fingerprint density at radius 2 is 1.67 bits per heavy atom. The van der Waals surface area contributed by atoms with E-state index >= 15 is 0 Å². The van der Waals surface area contributed by atoms with Gasteiger partial charge in [-0.05, 0) is 36.2 Å². The van der Waals surface area contributed by atoms with Crippen molar-refractivity contribution in [3.05, 3.63) is 90.4 Å². The van der Waals surface area contributed by atoms with E-state index in [4.69, 9.17) is 4.42 Å². The fourth-order valence-electron chi connectivity index (χ4n) is 3.88. The van der Waals surface area contributed by atoms with Crippen LogP contribution in [0.25, 0.3) is 0 Å². The summed E-state index contributed by atoms with van der Waals surface area (Å²) < 4.78 is 5.30. The van der Waals surface area contributed by atoms with Crippen molar-refractivity contribution >= 4 is 17.6 Å². The number of benzene rings is 2. The Balaban J connectivity index is 1.48. The summed E-state index contributed by atoms with van der Waals surface area (Å²) in [5, 5.41) is 5.88. The Hall–Kier alpha value is -3.54. The first kappa shape index (κ1) is 19.8. The maximum absolute atomic E-state index is 12.9. The number of nitrogens with zero attached hydrogens (tertiary/aromatic N) is 1. The van der Waals surface area contributed by atoms with Crippen molar-refractivity contribution in [2.24, 2.45) is 5.92 Å². The van der Waals surface area contributed by atoms with Crippen molar-refractivity contribution in [1.29, 1.82) is 0 Å². The van der Waals surface area contributed by atoms with E-state index in [1.807, 2.05) is 54.6 Å². The molecule has 30 heavy (non-hydrogen) atoms. The van der Waals surface area contributed by atoms with Crippen molar-refractivity contribution in [3.63, 3.8) is 0 Å². The number of hydrogen-bond acceptors (Lipinski definition) is 3. The Morgan fingerprint density at radius 3 is 2.37 bits per heavy atom. The van der Waals surface area contributed by atoms with Gasteiger partial charge in [0, 0.05) is 24.7 Å². The van der Waals surface area contributed by atoms with Crippen LogP contribution < -0.4 is 10.6 Å². The molecule has 2 atom stereocenters. The lowest BCUT2D eigenvalue weighted by Crippen LogP contribution is -2.49. The molecule has 0 saturated carbocycles. The Labute approximate surface area is 175 Å². The van der Waals surface area contributed by atoms with Crippen LogP contribution in [0.5, 0.6) is 0 Å². The van der Waals surface area contributed by atoms with Crippen LogP contribution >= 0.6 is 0 Å². The second-order valence-electron chi connectivity index (χ2n) is 7.54. The molecule has 6 nitrogen and oxygen atoms in total. The molecule has 6 heteroatoms. The molecular formula is C24H25N3O3. The van der Waals surface area contributed by atoms with Gasteiger partial charge < -0.3 is 20.0 Å². The highest BCUT2D eigenvalue weighted by molar-refractivity contribution is 5.90. The lowest BCUT2D eigenvalue weighted by atomic mass is 9.84. The monoisotopic (exact) mass is 403 g/mol. The van der Waals surface area contributed by atoms with Gasteiger partial charge in [0.25, 0.3) is 0 Å². The molecule has 1 saturated heterocycles.